The van der Waals surface area contributed by atoms with Crippen molar-refractivity contribution in [1.82, 2.24) is 13.7 Å². The third-order valence-electron chi connectivity index (χ3n) is 10.6. The highest BCUT2D eigenvalue weighted by Gasteiger charge is 2.16. The van der Waals surface area contributed by atoms with Crippen molar-refractivity contribution in [3.63, 3.8) is 0 Å². The molecule has 0 atom stereocenters. The van der Waals surface area contributed by atoms with E-state index in [0.717, 1.165) is 66.0 Å². The molecule has 57 heavy (non-hydrogen) atoms. The van der Waals surface area contributed by atoms with E-state index < -0.39 is 0 Å². The molecule has 3 heterocycles. The fourth-order valence-electron chi connectivity index (χ4n) is 7.93. The topological polar surface area (TPSA) is 71.6 Å². The highest BCUT2D eigenvalue weighted by Crippen LogP contribution is 2.37. The molecule has 0 fully saturated rings. The van der Waals surface area contributed by atoms with Crippen molar-refractivity contribution in [3.8, 4) is 17.8 Å². The van der Waals surface area contributed by atoms with E-state index in [0.29, 0.717) is 22.3 Å². The largest absolute Gasteiger partial charge is 0.504 e. The summed E-state index contributed by atoms with van der Waals surface area (Å²) in [7, 11) is 1.60. The molecule has 0 aliphatic carbocycles. The summed E-state index contributed by atoms with van der Waals surface area (Å²) in [6.07, 6.45) is 10.9. The van der Waals surface area contributed by atoms with Crippen molar-refractivity contribution in [2.45, 2.75) is 0 Å². The van der Waals surface area contributed by atoms with Crippen molar-refractivity contribution in [2.24, 2.45) is 0 Å². The lowest BCUT2D eigenvalue weighted by Crippen LogP contribution is -1.96. The van der Waals surface area contributed by atoms with Gasteiger partial charge >= 0.3 is 0 Å². The molecule has 0 aliphatic rings. The zero-order chi connectivity index (χ0) is 39.0. The van der Waals surface area contributed by atoms with Crippen LogP contribution in [0.15, 0.2) is 194 Å². The van der Waals surface area contributed by atoms with E-state index in [4.69, 9.17) is 4.74 Å². The summed E-state index contributed by atoms with van der Waals surface area (Å²) >= 11 is 0. The standard InChI is InChI=1S/C51H35N5O/c1-34(35(2)28-39(26-27-57-3)56-50-19-11-7-14-42(50)44-24-22-36(31-52)29-51(44)56)20-21-37(32-53)33-54-46-16-8-4-15-43(46)45-30-38(23-25-47(45)54)55-48-17-9-5-12-40(48)41-13-6-10-18-49(41)55/h4-30,33H,1-2H2,3H3/b21-20-,27-26+,37-33-,39-28+. The molecule has 0 unspecified atom stereocenters. The Balaban J connectivity index is 1.09. The Bertz CT molecular complexity index is 3290. The van der Waals surface area contributed by atoms with Gasteiger partial charge in [-0.25, -0.2) is 0 Å². The first-order chi connectivity index (χ1) is 28.0. The summed E-state index contributed by atoms with van der Waals surface area (Å²) < 4.78 is 11.9. The summed E-state index contributed by atoms with van der Waals surface area (Å²) in [5, 5.41) is 26.8. The molecular formula is C51H35N5O. The number of para-hydroxylation sites is 4. The SMILES string of the molecule is C=C(/C=C\C(C#N)=C\n1c2ccccc2c2cc(-n3c4ccccc4c4ccccc43)ccc21)C(=C)/C=C(\C=C\OC)n1c2ccccc2c2ccc(C#N)cc21. The van der Waals surface area contributed by atoms with E-state index >= 15 is 0 Å². The Hall–Kier alpha value is -8.06. The smallest absolute Gasteiger partial charge is 0.101 e. The molecule has 270 valence electrons. The molecule has 0 spiro atoms. The number of allylic oxidation sites excluding steroid dienone is 8. The number of hydrogen-bond acceptors (Lipinski definition) is 3. The second-order valence-electron chi connectivity index (χ2n) is 13.8. The van der Waals surface area contributed by atoms with Crippen molar-refractivity contribution < 1.29 is 4.74 Å². The van der Waals surface area contributed by atoms with E-state index in [1.54, 1.807) is 19.4 Å². The minimum absolute atomic E-state index is 0.452. The van der Waals surface area contributed by atoms with Gasteiger partial charge in [0.25, 0.3) is 0 Å². The van der Waals surface area contributed by atoms with Gasteiger partial charge in [-0.1, -0.05) is 98.1 Å². The van der Waals surface area contributed by atoms with Crippen molar-refractivity contribution in [1.29, 1.82) is 10.5 Å². The third-order valence-corrected chi connectivity index (χ3v) is 10.6. The van der Waals surface area contributed by atoms with Crippen LogP contribution in [0.5, 0.6) is 0 Å². The molecule has 0 amide bonds. The lowest BCUT2D eigenvalue weighted by molar-refractivity contribution is 0.338. The summed E-state index contributed by atoms with van der Waals surface area (Å²) in [5.41, 5.74) is 10.3. The second kappa shape index (κ2) is 14.3. The molecule has 6 aromatic carbocycles. The van der Waals surface area contributed by atoms with Crippen LogP contribution in [0.3, 0.4) is 0 Å². The summed E-state index contributed by atoms with van der Waals surface area (Å²) in [4.78, 5) is 0. The Morgan fingerprint density at radius 3 is 1.81 bits per heavy atom. The van der Waals surface area contributed by atoms with Crippen LogP contribution in [0.4, 0.5) is 0 Å². The van der Waals surface area contributed by atoms with Gasteiger partial charge in [-0.2, -0.15) is 10.5 Å². The van der Waals surface area contributed by atoms with Crippen LogP contribution in [0.2, 0.25) is 0 Å². The zero-order valence-electron chi connectivity index (χ0n) is 31.2. The van der Waals surface area contributed by atoms with Crippen molar-refractivity contribution >= 4 is 77.3 Å². The molecule has 0 aliphatic heterocycles. The van der Waals surface area contributed by atoms with E-state index in [1.165, 1.54) is 10.8 Å². The van der Waals surface area contributed by atoms with Crippen LogP contribution in [0, 0.1) is 22.7 Å². The number of fused-ring (bicyclic) bond motifs is 9. The van der Waals surface area contributed by atoms with Crippen LogP contribution in [0.1, 0.15) is 5.56 Å². The predicted molar refractivity (Wildman–Crippen MR) is 236 cm³/mol. The molecular weight excluding hydrogens is 699 g/mol. The number of methoxy groups -OCH3 is 1. The van der Waals surface area contributed by atoms with Gasteiger partial charge in [-0.3, -0.25) is 0 Å². The molecule has 0 N–H and O–H groups in total. The normalized spacial score (nSPS) is 12.5. The number of hydrogen-bond donors (Lipinski definition) is 0. The fourth-order valence-corrected chi connectivity index (χ4v) is 7.93. The van der Waals surface area contributed by atoms with Crippen LogP contribution >= 0.6 is 0 Å². The van der Waals surface area contributed by atoms with Crippen molar-refractivity contribution in [3.05, 3.63) is 199 Å². The molecule has 0 bridgehead atoms. The van der Waals surface area contributed by atoms with Gasteiger partial charge in [-0.15, -0.1) is 0 Å². The Morgan fingerprint density at radius 1 is 0.579 bits per heavy atom. The lowest BCUT2D eigenvalue weighted by Gasteiger charge is -2.11. The first-order valence-corrected chi connectivity index (χ1v) is 18.5. The summed E-state index contributed by atoms with van der Waals surface area (Å²) in [6, 6.07) is 50.3. The predicted octanol–water partition coefficient (Wildman–Crippen LogP) is 12.6. The average molecular weight is 734 g/mol. The number of nitrogens with zero attached hydrogens (tertiary/aromatic N) is 5. The quantitative estimate of drug-likeness (QED) is 0.0842. The van der Waals surface area contributed by atoms with Gasteiger partial charge in [0.2, 0.25) is 0 Å². The highest BCUT2D eigenvalue weighted by molar-refractivity contribution is 6.13. The van der Waals surface area contributed by atoms with Crippen LogP contribution in [0.25, 0.3) is 83.0 Å². The molecule has 0 saturated heterocycles. The maximum Gasteiger partial charge on any atom is 0.101 e. The number of ether oxygens (including phenoxy) is 1. The minimum atomic E-state index is 0.452. The molecule has 0 radical (unpaired) electrons. The van der Waals surface area contributed by atoms with Gasteiger partial charge in [-0.05, 0) is 84.0 Å². The lowest BCUT2D eigenvalue weighted by atomic mass is 10.1. The van der Waals surface area contributed by atoms with Gasteiger partial charge in [0, 0.05) is 49.9 Å². The average Bonchev–Trinajstić information content (AvgIpc) is 3.88. The second-order valence-corrected chi connectivity index (χ2v) is 13.8. The van der Waals surface area contributed by atoms with E-state index in [1.807, 2.05) is 60.8 Å². The zero-order valence-corrected chi connectivity index (χ0v) is 31.2. The Morgan fingerprint density at radius 2 is 1.16 bits per heavy atom. The molecule has 6 heteroatoms. The first-order valence-electron chi connectivity index (χ1n) is 18.5. The maximum atomic E-state index is 10.4. The van der Waals surface area contributed by atoms with E-state index in [2.05, 4.69) is 136 Å². The van der Waals surface area contributed by atoms with Crippen LogP contribution < -0.4 is 0 Å². The summed E-state index contributed by atoms with van der Waals surface area (Å²) in [6.45, 7) is 8.67. The van der Waals surface area contributed by atoms with Gasteiger partial charge in [0.15, 0.2) is 0 Å². The van der Waals surface area contributed by atoms with Gasteiger partial charge in [0.05, 0.1) is 63.7 Å². The van der Waals surface area contributed by atoms with Crippen LogP contribution in [-0.4, -0.2) is 20.8 Å². The van der Waals surface area contributed by atoms with Crippen LogP contribution in [-0.2, 0) is 4.74 Å². The third kappa shape index (κ3) is 5.90. The number of benzene rings is 6. The fraction of sp³-hybridized carbons (Fsp3) is 0.0196. The van der Waals surface area contributed by atoms with E-state index in [9.17, 15) is 10.5 Å². The number of aromatic nitrogens is 3. The number of rotatable bonds is 9. The minimum Gasteiger partial charge on any atom is -0.504 e. The molecule has 3 aromatic heterocycles. The summed E-state index contributed by atoms with van der Waals surface area (Å²) in [5.74, 6) is 0. The Labute approximate surface area is 329 Å². The van der Waals surface area contributed by atoms with E-state index in [-0.39, 0.29) is 0 Å². The molecule has 9 aromatic rings. The molecule has 0 saturated carbocycles. The number of nitriles is 2. The van der Waals surface area contributed by atoms with Gasteiger partial charge in [0.1, 0.15) is 6.07 Å². The maximum absolute atomic E-state index is 10.4. The van der Waals surface area contributed by atoms with Crippen molar-refractivity contribution in [2.75, 3.05) is 7.11 Å². The molecule has 6 nitrogen and oxygen atoms in total. The first kappa shape index (κ1) is 34.7. The highest BCUT2D eigenvalue weighted by atomic mass is 16.5. The monoisotopic (exact) mass is 733 g/mol. The Kier molecular flexibility index (Phi) is 8.70. The van der Waals surface area contributed by atoms with Gasteiger partial charge < -0.3 is 18.4 Å². The molecule has 9 rings (SSSR count).